The second kappa shape index (κ2) is 5.63. The van der Waals surface area contributed by atoms with Crippen molar-refractivity contribution in [1.29, 1.82) is 0 Å². The smallest absolute Gasteiger partial charge is 0.0798 e. The largest absolute Gasteiger partial charge is 0.305 e. The van der Waals surface area contributed by atoms with Gasteiger partial charge in [0.05, 0.1) is 11.2 Å². The highest BCUT2D eigenvalue weighted by Gasteiger charge is 2.09. The van der Waals surface area contributed by atoms with Crippen LogP contribution in [0, 0.1) is 6.92 Å². The Labute approximate surface area is 111 Å². The predicted octanol–water partition coefficient (Wildman–Crippen LogP) is 3.96. The van der Waals surface area contributed by atoms with Gasteiger partial charge in [-0.05, 0) is 25.5 Å². The third-order valence-corrected chi connectivity index (χ3v) is 4.06. The van der Waals surface area contributed by atoms with Gasteiger partial charge < -0.3 is 5.32 Å². The summed E-state index contributed by atoms with van der Waals surface area (Å²) in [6.45, 7) is 4.99. The first-order valence-electron chi connectivity index (χ1n) is 5.55. The van der Waals surface area contributed by atoms with E-state index in [-0.39, 0.29) is 6.04 Å². The first-order valence-corrected chi connectivity index (χ1v) is 6.81. The fraction of sp³-hybridized carbons (Fsp3) is 0.308. The normalized spacial score (nSPS) is 12.6. The molecule has 2 aromatic rings. The number of benzene rings is 1. The van der Waals surface area contributed by atoms with Crippen molar-refractivity contribution >= 4 is 22.9 Å². The monoisotopic (exact) mass is 266 g/mol. The van der Waals surface area contributed by atoms with Gasteiger partial charge >= 0.3 is 0 Å². The van der Waals surface area contributed by atoms with Gasteiger partial charge in [-0.15, -0.1) is 11.3 Å². The topological polar surface area (TPSA) is 24.9 Å². The molecule has 0 fully saturated rings. The zero-order valence-electron chi connectivity index (χ0n) is 9.90. The van der Waals surface area contributed by atoms with E-state index in [1.165, 1.54) is 4.88 Å². The van der Waals surface area contributed by atoms with E-state index in [1.54, 1.807) is 11.3 Å². The SMILES string of the molecule is Cc1ncsc1CNC(C)c1ccccc1Cl. The summed E-state index contributed by atoms with van der Waals surface area (Å²) in [5.41, 5.74) is 4.12. The molecule has 0 saturated carbocycles. The summed E-state index contributed by atoms with van der Waals surface area (Å²) < 4.78 is 0. The van der Waals surface area contributed by atoms with Crippen molar-refractivity contribution in [3.05, 3.63) is 50.9 Å². The molecule has 0 aliphatic heterocycles. The lowest BCUT2D eigenvalue weighted by Gasteiger charge is -2.15. The maximum atomic E-state index is 6.16. The number of hydrogen-bond donors (Lipinski definition) is 1. The van der Waals surface area contributed by atoms with Crippen molar-refractivity contribution < 1.29 is 0 Å². The molecule has 0 bridgehead atoms. The quantitative estimate of drug-likeness (QED) is 0.906. The zero-order chi connectivity index (χ0) is 12.3. The number of nitrogens with zero attached hydrogens (tertiary/aromatic N) is 1. The number of aryl methyl sites for hydroxylation is 1. The first kappa shape index (κ1) is 12.6. The minimum Gasteiger partial charge on any atom is -0.305 e. The molecule has 0 amide bonds. The Hall–Kier alpha value is -0.900. The van der Waals surface area contributed by atoms with E-state index in [1.807, 2.05) is 30.6 Å². The van der Waals surface area contributed by atoms with Crippen molar-refractivity contribution in [2.24, 2.45) is 0 Å². The van der Waals surface area contributed by atoms with Crippen LogP contribution in [-0.4, -0.2) is 4.98 Å². The number of hydrogen-bond acceptors (Lipinski definition) is 3. The van der Waals surface area contributed by atoms with Gasteiger partial charge in [-0.3, -0.25) is 0 Å². The first-order chi connectivity index (χ1) is 8.18. The van der Waals surface area contributed by atoms with Gasteiger partial charge in [-0.1, -0.05) is 29.8 Å². The average molecular weight is 267 g/mol. The summed E-state index contributed by atoms with van der Waals surface area (Å²) in [6.07, 6.45) is 0. The highest BCUT2D eigenvalue weighted by Crippen LogP contribution is 2.23. The van der Waals surface area contributed by atoms with Crippen LogP contribution in [0.25, 0.3) is 0 Å². The van der Waals surface area contributed by atoms with E-state index in [0.717, 1.165) is 22.8 Å². The molecule has 1 heterocycles. The lowest BCUT2D eigenvalue weighted by Crippen LogP contribution is -2.18. The van der Waals surface area contributed by atoms with Crippen LogP contribution in [0.5, 0.6) is 0 Å². The summed E-state index contributed by atoms with van der Waals surface area (Å²) in [7, 11) is 0. The summed E-state index contributed by atoms with van der Waals surface area (Å²) in [5.74, 6) is 0. The van der Waals surface area contributed by atoms with Gasteiger partial charge in [0, 0.05) is 22.5 Å². The van der Waals surface area contributed by atoms with Crippen molar-refractivity contribution in [3.63, 3.8) is 0 Å². The number of thiazole rings is 1. The lowest BCUT2D eigenvalue weighted by atomic mass is 10.1. The van der Waals surface area contributed by atoms with E-state index < -0.39 is 0 Å². The van der Waals surface area contributed by atoms with Crippen LogP contribution < -0.4 is 5.32 Å². The maximum Gasteiger partial charge on any atom is 0.0798 e. The van der Waals surface area contributed by atoms with E-state index in [0.29, 0.717) is 0 Å². The minimum absolute atomic E-state index is 0.241. The van der Waals surface area contributed by atoms with Gasteiger partial charge in [0.15, 0.2) is 0 Å². The van der Waals surface area contributed by atoms with Gasteiger partial charge in [0.25, 0.3) is 0 Å². The molecule has 1 atom stereocenters. The molecule has 1 unspecified atom stereocenters. The van der Waals surface area contributed by atoms with Crippen LogP contribution in [0.1, 0.15) is 29.1 Å². The molecule has 2 rings (SSSR count). The molecular formula is C13H15ClN2S. The van der Waals surface area contributed by atoms with E-state index in [4.69, 9.17) is 11.6 Å². The summed E-state index contributed by atoms with van der Waals surface area (Å²) >= 11 is 7.85. The Morgan fingerprint density at radius 2 is 2.18 bits per heavy atom. The van der Waals surface area contributed by atoms with Crippen molar-refractivity contribution in [2.75, 3.05) is 0 Å². The summed E-state index contributed by atoms with van der Waals surface area (Å²) in [5, 5.41) is 4.28. The fourth-order valence-corrected chi connectivity index (χ4v) is 2.71. The second-order valence-electron chi connectivity index (χ2n) is 3.99. The third-order valence-electron chi connectivity index (χ3n) is 2.79. The molecular weight excluding hydrogens is 252 g/mol. The highest BCUT2D eigenvalue weighted by atomic mass is 35.5. The van der Waals surface area contributed by atoms with Crippen LogP contribution in [-0.2, 0) is 6.54 Å². The number of nitrogens with one attached hydrogen (secondary N) is 1. The molecule has 4 heteroatoms. The molecule has 0 aliphatic rings. The average Bonchev–Trinajstić information content (AvgIpc) is 2.72. The molecule has 2 nitrogen and oxygen atoms in total. The van der Waals surface area contributed by atoms with E-state index in [2.05, 4.69) is 23.3 Å². The Bertz CT molecular complexity index is 496. The van der Waals surface area contributed by atoms with Crippen molar-refractivity contribution in [2.45, 2.75) is 26.4 Å². The molecule has 0 saturated heterocycles. The van der Waals surface area contributed by atoms with Crippen LogP contribution >= 0.6 is 22.9 Å². The summed E-state index contributed by atoms with van der Waals surface area (Å²) in [6, 6.07) is 8.18. The molecule has 17 heavy (non-hydrogen) atoms. The molecule has 0 spiro atoms. The number of rotatable bonds is 4. The molecule has 90 valence electrons. The van der Waals surface area contributed by atoms with Gasteiger partial charge in [0.2, 0.25) is 0 Å². The highest BCUT2D eigenvalue weighted by molar-refractivity contribution is 7.09. The van der Waals surface area contributed by atoms with Gasteiger partial charge in [-0.2, -0.15) is 0 Å². The van der Waals surface area contributed by atoms with Gasteiger partial charge in [0.1, 0.15) is 0 Å². The Morgan fingerprint density at radius 1 is 1.41 bits per heavy atom. The predicted molar refractivity (Wildman–Crippen MR) is 73.6 cm³/mol. The molecule has 1 N–H and O–H groups in total. The number of aromatic nitrogens is 1. The second-order valence-corrected chi connectivity index (χ2v) is 5.33. The van der Waals surface area contributed by atoms with Crippen molar-refractivity contribution in [3.8, 4) is 0 Å². The fourth-order valence-electron chi connectivity index (χ4n) is 1.68. The molecule has 0 radical (unpaired) electrons. The van der Waals surface area contributed by atoms with E-state index >= 15 is 0 Å². The van der Waals surface area contributed by atoms with Crippen LogP contribution in [0.4, 0.5) is 0 Å². The van der Waals surface area contributed by atoms with Crippen LogP contribution in [0.3, 0.4) is 0 Å². The molecule has 1 aromatic heterocycles. The van der Waals surface area contributed by atoms with E-state index in [9.17, 15) is 0 Å². The summed E-state index contributed by atoms with van der Waals surface area (Å²) in [4.78, 5) is 5.52. The minimum atomic E-state index is 0.241. The van der Waals surface area contributed by atoms with Crippen molar-refractivity contribution in [1.82, 2.24) is 10.3 Å². The Kier molecular flexibility index (Phi) is 4.15. The molecule has 1 aromatic carbocycles. The maximum absolute atomic E-state index is 6.16. The Balaban J connectivity index is 2.01. The molecule has 0 aliphatic carbocycles. The van der Waals surface area contributed by atoms with Crippen LogP contribution in [0.2, 0.25) is 5.02 Å². The third kappa shape index (κ3) is 3.06. The lowest BCUT2D eigenvalue weighted by molar-refractivity contribution is 0.577. The zero-order valence-corrected chi connectivity index (χ0v) is 11.5. The Morgan fingerprint density at radius 3 is 2.82 bits per heavy atom. The van der Waals surface area contributed by atoms with Crippen LogP contribution in [0.15, 0.2) is 29.8 Å². The van der Waals surface area contributed by atoms with Gasteiger partial charge in [-0.25, -0.2) is 4.98 Å². The number of halogens is 1. The standard InChI is InChI=1S/C13H15ClN2S/c1-9(11-5-3-4-6-12(11)14)15-7-13-10(2)16-8-17-13/h3-6,8-9,15H,7H2,1-2H3.